The summed E-state index contributed by atoms with van der Waals surface area (Å²) in [7, 11) is 0.466. The standard InChI is InChI=1S/C20H23N3O3S2.ClH/c1-14-8-10-15(11-9-14)19(24)23(13-12-22(2)3)20-21-18-16(27-20)6-5-7-17(18)28(4,25)26;/h5-11H,12-13H2,1-4H3;1H. The molecule has 0 aliphatic carbocycles. The molecule has 0 fully saturated rings. The van der Waals surface area contributed by atoms with Gasteiger partial charge in [0.2, 0.25) is 0 Å². The number of carbonyl (C=O) groups excluding carboxylic acids is 1. The molecule has 0 saturated heterocycles. The first-order valence-corrected chi connectivity index (χ1v) is 11.5. The van der Waals surface area contributed by atoms with Crippen LogP contribution in [0.2, 0.25) is 0 Å². The molecule has 6 nitrogen and oxygen atoms in total. The first-order chi connectivity index (χ1) is 13.2. The Labute approximate surface area is 181 Å². The van der Waals surface area contributed by atoms with Crippen LogP contribution in [0.3, 0.4) is 0 Å². The van der Waals surface area contributed by atoms with Crippen molar-refractivity contribution in [3.8, 4) is 0 Å². The van der Waals surface area contributed by atoms with Crippen LogP contribution < -0.4 is 4.90 Å². The highest BCUT2D eigenvalue weighted by Gasteiger charge is 2.23. The quantitative estimate of drug-likeness (QED) is 0.569. The summed E-state index contributed by atoms with van der Waals surface area (Å²) in [6.07, 6.45) is 1.17. The maximum absolute atomic E-state index is 13.2. The van der Waals surface area contributed by atoms with Gasteiger partial charge in [-0.3, -0.25) is 9.69 Å². The summed E-state index contributed by atoms with van der Waals surface area (Å²) in [6.45, 7) is 3.08. The minimum absolute atomic E-state index is 0. The Morgan fingerprint density at radius 1 is 1.07 bits per heavy atom. The molecule has 0 radical (unpaired) electrons. The van der Waals surface area contributed by atoms with Gasteiger partial charge in [-0.1, -0.05) is 35.1 Å². The van der Waals surface area contributed by atoms with Crippen LogP contribution in [0.1, 0.15) is 15.9 Å². The molecule has 3 rings (SSSR count). The second kappa shape index (κ2) is 9.21. The molecule has 0 aliphatic rings. The summed E-state index contributed by atoms with van der Waals surface area (Å²) in [4.78, 5) is 21.5. The smallest absolute Gasteiger partial charge is 0.260 e. The van der Waals surface area contributed by atoms with Crippen molar-refractivity contribution in [2.45, 2.75) is 11.8 Å². The molecule has 0 bridgehead atoms. The third-order valence-electron chi connectivity index (χ3n) is 4.32. The number of hydrogen-bond acceptors (Lipinski definition) is 6. The van der Waals surface area contributed by atoms with E-state index in [1.165, 1.54) is 17.6 Å². The number of hydrogen-bond donors (Lipinski definition) is 0. The fourth-order valence-electron chi connectivity index (χ4n) is 2.76. The van der Waals surface area contributed by atoms with Gasteiger partial charge in [-0.2, -0.15) is 0 Å². The number of para-hydroxylation sites is 1. The molecule has 3 aromatic rings. The second-order valence-corrected chi connectivity index (χ2v) is 9.99. The average molecular weight is 454 g/mol. The van der Waals surface area contributed by atoms with E-state index >= 15 is 0 Å². The zero-order chi connectivity index (χ0) is 20.5. The molecule has 0 saturated carbocycles. The molecule has 0 atom stereocenters. The summed E-state index contributed by atoms with van der Waals surface area (Å²) in [5.41, 5.74) is 2.07. The minimum atomic E-state index is -3.41. The maximum Gasteiger partial charge on any atom is 0.260 e. The zero-order valence-corrected chi connectivity index (χ0v) is 19.2. The third-order valence-corrected chi connectivity index (χ3v) is 6.49. The van der Waals surface area contributed by atoms with Crippen LogP contribution in [0.15, 0.2) is 47.4 Å². The van der Waals surface area contributed by atoms with Gasteiger partial charge in [-0.05, 0) is 45.3 Å². The number of carbonyl (C=O) groups is 1. The van der Waals surface area contributed by atoms with E-state index in [0.717, 1.165) is 10.3 Å². The summed E-state index contributed by atoms with van der Waals surface area (Å²) in [5, 5.41) is 0.499. The lowest BCUT2D eigenvalue weighted by molar-refractivity contribution is 0.0985. The number of aromatic nitrogens is 1. The molecular formula is C20H24ClN3O3S2. The van der Waals surface area contributed by atoms with E-state index in [1.54, 1.807) is 29.2 Å². The average Bonchev–Trinajstić information content (AvgIpc) is 3.04. The van der Waals surface area contributed by atoms with E-state index in [0.29, 0.717) is 29.3 Å². The van der Waals surface area contributed by atoms with Crippen LogP contribution in [0.5, 0.6) is 0 Å². The molecule has 0 unspecified atom stereocenters. The summed E-state index contributed by atoms with van der Waals surface area (Å²) in [6, 6.07) is 12.5. The van der Waals surface area contributed by atoms with Crippen LogP contribution in [0.4, 0.5) is 5.13 Å². The van der Waals surface area contributed by atoms with Gasteiger partial charge in [-0.15, -0.1) is 12.4 Å². The van der Waals surface area contributed by atoms with E-state index in [1.807, 2.05) is 44.1 Å². The van der Waals surface area contributed by atoms with Crippen molar-refractivity contribution in [2.75, 3.05) is 38.3 Å². The minimum Gasteiger partial charge on any atom is -0.308 e. The number of fused-ring (bicyclic) bond motifs is 1. The van der Waals surface area contributed by atoms with E-state index < -0.39 is 9.84 Å². The first kappa shape index (κ1) is 23.3. The molecule has 156 valence electrons. The van der Waals surface area contributed by atoms with E-state index in [-0.39, 0.29) is 23.2 Å². The Hall–Kier alpha value is -2.00. The van der Waals surface area contributed by atoms with Crippen molar-refractivity contribution < 1.29 is 13.2 Å². The number of aryl methyl sites for hydroxylation is 1. The Morgan fingerprint density at radius 2 is 1.72 bits per heavy atom. The Bertz CT molecular complexity index is 1110. The molecule has 29 heavy (non-hydrogen) atoms. The van der Waals surface area contributed by atoms with Crippen molar-refractivity contribution in [1.82, 2.24) is 9.88 Å². The number of nitrogens with zero attached hydrogens (tertiary/aromatic N) is 3. The van der Waals surface area contributed by atoms with Crippen LogP contribution in [-0.4, -0.2) is 57.6 Å². The number of likely N-dealkylation sites (N-methyl/N-ethyl adjacent to an activating group) is 1. The summed E-state index contributed by atoms with van der Waals surface area (Å²) >= 11 is 1.32. The van der Waals surface area contributed by atoms with Gasteiger partial charge in [0, 0.05) is 24.9 Å². The molecule has 0 N–H and O–H groups in total. The van der Waals surface area contributed by atoms with E-state index in [4.69, 9.17) is 0 Å². The molecule has 1 aromatic heterocycles. The number of rotatable bonds is 6. The predicted molar refractivity (Wildman–Crippen MR) is 121 cm³/mol. The fourth-order valence-corrected chi connectivity index (χ4v) is 4.68. The van der Waals surface area contributed by atoms with Gasteiger partial charge in [0.15, 0.2) is 15.0 Å². The fraction of sp³-hybridized carbons (Fsp3) is 0.300. The number of halogens is 1. The number of benzene rings is 2. The number of sulfone groups is 1. The summed E-state index contributed by atoms with van der Waals surface area (Å²) in [5.74, 6) is -0.151. The molecule has 1 heterocycles. The molecule has 2 aromatic carbocycles. The number of thiazole rings is 1. The van der Waals surface area contributed by atoms with E-state index in [2.05, 4.69) is 4.98 Å². The van der Waals surface area contributed by atoms with Gasteiger partial charge in [0.05, 0.1) is 9.60 Å². The predicted octanol–water partition coefficient (Wildman–Crippen LogP) is 3.64. The van der Waals surface area contributed by atoms with Gasteiger partial charge < -0.3 is 4.90 Å². The van der Waals surface area contributed by atoms with Gasteiger partial charge in [-0.25, -0.2) is 13.4 Å². The number of amides is 1. The highest BCUT2D eigenvalue weighted by atomic mass is 35.5. The topological polar surface area (TPSA) is 70.6 Å². The summed E-state index contributed by atoms with van der Waals surface area (Å²) < 4.78 is 25.0. The molecule has 0 spiro atoms. The lowest BCUT2D eigenvalue weighted by Gasteiger charge is -2.22. The van der Waals surface area contributed by atoms with Gasteiger partial charge in [0.1, 0.15) is 5.52 Å². The van der Waals surface area contributed by atoms with Crippen LogP contribution in [0.25, 0.3) is 10.2 Å². The van der Waals surface area contributed by atoms with Crippen molar-refractivity contribution in [1.29, 1.82) is 0 Å². The molecule has 0 aliphatic heterocycles. The SMILES string of the molecule is Cc1ccc(C(=O)N(CCN(C)C)c2nc3c(S(C)(=O)=O)cccc3s2)cc1.Cl. The molecular weight excluding hydrogens is 430 g/mol. The highest BCUT2D eigenvalue weighted by Crippen LogP contribution is 2.33. The number of anilines is 1. The normalized spacial score (nSPS) is 11.5. The maximum atomic E-state index is 13.2. The molecule has 1 amide bonds. The third kappa shape index (κ3) is 5.33. The Morgan fingerprint density at radius 3 is 2.31 bits per heavy atom. The first-order valence-electron chi connectivity index (χ1n) is 8.79. The van der Waals surface area contributed by atoms with Gasteiger partial charge in [0.25, 0.3) is 5.91 Å². The second-order valence-electron chi connectivity index (χ2n) is 7.00. The van der Waals surface area contributed by atoms with E-state index in [9.17, 15) is 13.2 Å². The van der Waals surface area contributed by atoms with Crippen molar-refractivity contribution >= 4 is 54.8 Å². The van der Waals surface area contributed by atoms with Crippen LogP contribution in [0, 0.1) is 6.92 Å². The van der Waals surface area contributed by atoms with Crippen molar-refractivity contribution in [3.05, 3.63) is 53.6 Å². The van der Waals surface area contributed by atoms with Crippen LogP contribution in [-0.2, 0) is 9.84 Å². The Kier molecular flexibility index (Phi) is 7.40. The lowest BCUT2D eigenvalue weighted by atomic mass is 10.1. The van der Waals surface area contributed by atoms with Gasteiger partial charge >= 0.3 is 0 Å². The van der Waals surface area contributed by atoms with Crippen molar-refractivity contribution in [2.24, 2.45) is 0 Å². The molecule has 9 heteroatoms. The monoisotopic (exact) mass is 453 g/mol. The highest BCUT2D eigenvalue weighted by molar-refractivity contribution is 7.91. The largest absolute Gasteiger partial charge is 0.308 e. The zero-order valence-electron chi connectivity index (χ0n) is 16.7. The Balaban J connectivity index is 0.00000300. The van der Waals surface area contributed by atoms with Crippen LogP contribution >= 0.6 is 23.7 Å². The lowest BCUT2D eigenvalue weighted by Crippen LogP contribution is -2.36. The van der Waals surface area contributed by atoms with Crippen molar-refractivity contribution in [3.63, 3.8) is 0 Å².